The lowest BCUT2D eigenvalue weighted by Gasteiger charge is -2.00. The van der Waals surface area contributed by atoms with E-state index in [-0.39, 0.29) is 5.56 Å². The van der Waals surface area contributed by atoms with E-state index in [1.54, 1.807) is 6.08 Å². The molecule has 0 aliphatic heterocycles. The Hall–Kier alpha value is -1.64. The van der Waals surface area contributed by atoms with Crippen LogP contribution in [0.5, 0.6) is 0 Å². The number of hydrogen-bond donors (Lipinski definition) is 1. The first-order chi connectivity index (χ1) is 6.15. The van der Waals surface area contributed by atoms with Gasteiger partial charge in [-0.3, -0.25) is 0 Å². The fourth-order valence-corrected chi connectivity index (χ4v) is 1.00. The number of benzene rings is 1. The molecule has 0 heterocycles. The van der Waals surface area contributed by atoms with E-state index in [4.69, 9.17) is 5.11 Å². The molecule has 1 aromatic carbocycles. The van der Waals surface area contributed by atoms with Gasteiger partial charge in [0.1, 0.15) is 5.82 Å². The molecule has 13 heavy (non-hydrogen) atoms. The fraction of sp³-hybridized carbons (Fsp3) is 0.100. The quantitative estimate of drug-likeness (QED) is 0.724. The summed E-state index contributed by atoms with van der Waals surface area (Å²) in [5.74, 6) is -1.62. The minimum atomic E-state index is -1.12. The van der Waals surface area contributed by atoms with Crippen LogP contribution in [0.1, 0.15) is 15.9 Å². The Morgan fingerprint density at radius 3 is 2.77 bits per heavy atom. The van der Waals surface area contributed by atoms with Gasteiger partial charge in [-0.05, 0) is 24.1 Å². The topological polar surface area (TPSA) is 37.3 Å². The summed E-state index contributed by atoms with van der Waals surface area (Å²) in [5, 5.41) is 8.54. The molecule has 0 saturated carbocycles. The maximum absolute atomic E-state index is 13.1. The molecule has 1 aromatic rings. The third-order valence-corrected chi connectivity index (χ3v) is 1.66. The van der Waals surface area contributed by atoms with Crippen molar-refractivity contribution in [3.8, 4) is 0 Å². The number of aromatic carboxylic acids is 1. The molecule has 0 aliphatic carbocycles. The van der Waals surface area contributed by atoms with E-state index in [1.807, 2.05) is 0 Å². The number of carboxylic acids is 1. The van der Waals surface area contributed by atoms with Crippen LogP contribution < -0.4 is 0 Å². The molecule has 0 fully saturated rings. The molecule has 1 N–H and O–H groups in total. The van der Waals surface area contributed by atoms with Crippen molar-refractivity contribution in [1.82, 2.24) is 0 Å². The van der Waals surface area contributed by atoms with Crippen LogP contribution in [0, 0.1) is 5.82 Å². The van der Waals surface area contributed by atoms with Crippen molar-refractivity contribution in [3.05, 3.63) is 47.8 Å². The molecule has 68 valence electrons. The van der Waals surface area contributed by atoms with Gasteiger partial charge in [-0.25, -0.2) is 9.18 Å². The highest BCUT2D eigenvalue weighted by Gasteiger charge is 2.06. The van der Waals surface area contributed by atoms with Gasteiger partial charge in [0.25, 0.3) is 0 Å². The Kier molecular flexibility index (Phi) is 2.80. The summed E-state index contributed by atoms with van der Waals surface area (Å²) in [6, 6.07) is 3.85. The molecule has 1 rings (SSSR count). The Balaban J connectivity index is 3.04. The summed E-state index contributed by atoms with van der Waals surface area (Å²) >= 11 is 0. The smallest absolute Gasteiger partial charge is 0.335 e. The highest BCUT2D eigenvalue weighted by atomic mass is 19.1. The molecule has 0 amide bonds. The molecule has 0 radical (unpaired) electrons. The van der Waals surface area contributed by atoms with Crippen molar-refractivity contribution < 1.29 is 14.3 Å². The number of rotatable bonds is 3. The molecular weight excluding hydrogens is 171 g/mol. The Morgan fingerprint density at radius 1 is 1.62 bits per heavy atom. The SMILES string of the molecule is C=CCc1ccc(C(=O)O)cc1F. The molecule has 2 nitrogen and oxygen atoms in total. The summed E-state index contributed by atoms with van der Waals surface area (Å²) in [6.07, 6.45) is 1.98. The van der Waals surface area contributed by atoms with E-state index in [0.29, 0.717) is 12.0 Å². The second-order valence-electron chi connectivity index (χ2n) is 2.60. The fourth-order valence-electron chi connectivity index (χ4n) is 1.00. The van der Waals surface area contributed by atoms with Crippen molar-refractivity contribution in [1.29, 1.82) is 0 Å². The maximum atomic E-state index is 13.1. The highest BCUT2D eigenvalue weighted by Crippen LogP contribution is 2.11. The van der Waals surface area contributed by atoms with Crippen LogP contribution >= 0.6 is 0 Å². The lowest BCUT2D eigenvalue weighted by atomic mass is 10.1. The Bertz CT molecular complexity index is 345. The predicted octanol–water partition coefficient (Wildman–Crippen LogP) is 2.25. The number of halogens is 1. The molecule has 0 aromatic heterocycles. The predicted molar refractivity (Wildman–Crippen MR) is 47.3 cm³/mol. The number of hydrogen-bond acceptors (Lipinski definition) is 1. The molecule has 0 spiro atoms. The average Bonchev–Trinajstić information content (AvgIpc) is 2.08. The van der Waals surface area contributed by atoms with Crippen LogP contribution in [-0.4, -0.2) is 11.1 Å². The summed E-state index contributed by atoms with van der Waals surface area (Å²) in [4.78, 5) is 10.4. The van der Waals surface area contributed by atoms with Gasteiger partial charge in [0.2, 0.25) is 0 Å². The summed E-state index contributed by atoms with van der Waals surface area (Å²) in [6.45, 7) is 3.47. The zero-order chi connectivity index (χ0) is 9.84. The first-order valence-corrected chi connectivity index (χ1v) is 3.77. The van der Waals surface area contributed by atoms with Gasteiger partial charge in [0.15, 0.2) is 0 Å². The number of allylic oxidation sites excluding steroid dienone is 1. The Morgan fingerprint density at radius 2 is 2.31 bits per heavy atom. The van der Waals surface area contributed by atoms with Gasteiger partial charge in [-0.1, -0.05) is 12.1 Å². The minimum absolute atomic E-state index is 0.0367. The van der Waals surface area contributed by atoms with E-state index in [0.717, 1.165) is 6.07 Å². The summed E-state index contributed by atoms with van der Waals surface area (Å²) < 4.78 is 13.1. The van der Waals surface area contributed by atoms with Crippen molar-refractivity contribution in [3.63, 3.8) is 0 Å². The number of carboxylic acid groups (broad SMARTS) is 1. The van der Waals surface area contributed by atoms with E-state index in [1.165, 1.54) is 12.1 Å². The van der Waals surface area contributed by atoms with Gasteiger partial charge in [0.05, 0.1) is 5.56 Å². The van der Waals surface area contributed by atoms with Crippen LogP contribution in [0.4, 0.5) is 4.39 Å². The minimum Gasteiger partial charge on any atom is -0.478 e. The highest BCUT2D eigenvalue weighted by molar-refractivity contribution is 5.87. The van der Waals surface area contributed by atoms with Crippen LogP contribution in [-0.2, 0) is 6.42 Å². The zero-order valence-corrected chi connectivity index (χ0v) is 6.96. The molecule has 0 unspecified atom stereocenters. The van der Waals surface area contributed by atoms with Crippen LogP contribution in [0.2, 0.25) is 0 Å². The lowest BCUT2D eigenvalue weighted by molar-refractivity contribution is 0.0696. The van der Waals surface area contributed by atoms with Crippen molar-refractivity contribution in [2.45, 2.75) is 6.42 Å². The first-order valence-electron chi connectivity index (χ1n) is 3.77. The summed E-state index contributed by atoms with van der Waals surface area (Å²) in [7, 11) is 0. The summed E-state index contributed by atoms with van der Waals surface area (Å²) in [5.41, 5.74) is 0.422. The van der Waals surface area contributed by atoms with Crippen LogP contribution in [0.25, 0.3) is 0 Å². The second-order valence-corrected chi connectivity index (χ2v) is 2.60. The largest absolute Gasteiger partial charge is 0.478 e. The van der Waals surface area contributed by atoms with Gasteiger partial charge in [0, 0.05) is 0 Å². The second kappa shape index (κ2) is 3.85. The maximum Gasteiger partial charge on any atom is 0.335 e. The normalized spacial score (nSPS) is 9.62. The van der Waals surface area contributed by atoms with E-state index < -0.39 is 11.8 Å². The third kappa shape index (κ3) is 2.15. The molecule has 0 atom stereocenters. The van der Waals surface area contributed by atoms with Crippen LogP contribution in [0.3, 0.4) is 0 Å². The molecule has 0 aliphatic rings. The average molecular weight is 180 g/mol. The number of carbonyl (C=O) groups is 1. The zero-order valence-electron chi connectivity index (χ0n) is 6.96. The Labute approximate surface area is 75.3 Å². The molecular formula is C10H9FO2. The third-order valence-electron chi connectivity index (χ3n) is 1.66. The lowest BCUT2D eigenvalue weighted by Crippen LogP contribution is -1.98. The van der Waals surface area contributed by atoms with Crippen LogP contribution in [0.15, 0.2) is 30.9 Å². The van der Waals surface area contributed by atoms with Crippen molar-refractivity contribution >= 4 is 5.97 Å². The van der Waals surface area contributed by atoms with Gasteiger partial charge >= 0.3 is 5.97 Å². The van der Waals surface area contributed by atoms with Crippen molar-refractivity contribution in [2.75, 3.05) is 0 Å². The monoisotopic (exact) mass is 180 g/mol. The van der Waals surface area contributed by atoms with Crippen molar-refractivity contribution in [2.24, 2.45) is 0 Å². The van der Waals surface area contributed by atoms with E-state index in [9.17, 15) is 9.18 Å². The molecule has 0 saturated heterocycles. The van der Waals surface area contributed by atoms with Gasteiger partial charge < -0.3 is 5.11 Å². The molecule has 3 heteroatoms. The van der Waals surface area contributed by atoms with E-state index in [2.05, 4.69) is 6.58 Å². The van der Waals surface area contributed by atoms with Gasteiger partial charge in [-0.2, -0.15) is 0 Å². The van der Waals surface area contributed by atoms with Gasteiger partial charge in [-0.15, -0.1) is 6.58 Å². The standard InChI is InChI=1S/C10H9FO2/c1-2-3-7-4-5-8(10(12)13)6-9(7)11/h2,4-6H,1,3H2,(H,12,13). The first kappa shape index (κ1) is 9.45. The van der Waals surface area contributed by atoms with E-state index >= 15 is 0 Å². The molecule has 0 bridgehead atoms.